The van der Waals surface area contributed by atoms with Gasteiger partial charge in [0, 0.05) is 37.7 Å². The lowest BCUT2D eigenvalue weighted by Gasteiger charge is -2.20. The summed E-state index contributed by atoms with van der Waals surface area (Å²) < 4.78 is 26.7. The van der Waals surface area contributed by atoms with Gasteiger partial charge in [0.1, 0.15) is 11.6 Å². The Bertz CT molecular complexity index is 447. The zero-order chi connectivity index (χ0) is 15.1. The van der Waals surface area contributed by atoms with Crippen molar-refractivity contribution >= 4 is 5.91 Å². The first kappa shape index (κ1) is 16.6. The molecule has 1 N–H and O–H groups in total. The van der Waals surface area contributed by atoms with Gasteiger partial charge in [0.25, 0.3) is 0 Å². The minimum absolute atomic E-state index is 0.0643. The number of amides is 1. The van der Waals surface area contributed by atoms with E-state index in [1.54, 1.807) is 11.8 Å². The number of rotatable bonds is 7. The molecular formula is C15H22F2N2O. The van der Waals surface area contributed by atoms with E-state index in [1.165, 1.54) is 6.07 Å². The Kier molecular flexibility index (Phi) is 6.58. The van der Waals surface area contributed by atoms with Gasteiger partial charge in [-0.05, 0) is 39.0 Å². The zero-order valence-corrected chi connectivity index (χ0v) is 12.2. The third-order valence-electron chi connectivity index (χ3n) is 3.33. The molecule has 0 fully saturated rings. The molecular weight excluding hydrogens is 262 g/mol. The Balaban J connectivity index is 2.49. The van der Waals surface area contributed by atoms with Crippen LogP contribution in [0.15, 0.2) is 18.2 Å². The van der Waals surface area contributed by atoms with Crippen molar-refractivity contribution in [3.05, 3.63) is 35.4 Å². The van der Waals surface area contributed by atoms with E-state index >= 15 is 0 Å². The minimum Gasteiger partial charge on any atom is -0.343 e. The number of nitrogens with zero attached hydrogens (tertiary/aromatic N) is 1. The summed E-state index contributed by atoms with van der Waals surface area (Å²) in [6, 6.07) is 3.05. The smallest absolute Gasteiger partial charge is 0.223 e. The summed E-state index contributed by atoms with van der Waals surface area (Å²) in [6.45, 7) is 7.41. The first-order valence-electron chi connectivity index (χ1n) is 6.95. The molecule has 0 aromatic heterocycles. The van der Waals surface area contributed by atoms with Gasteiger partial charge >= 0.3 is 0 Å². The van der Waals surface area contributed by atoms with E-state index in [2.05, 4.69) is 5.32 Å². The van der Waals surface area contributed by atoms with Gasteiger partial charge in [-0.25, -0.2) is 8.78 Å². The van der Waals surface area contributed by atoms with Crippen LogP contribution in [-0.4, -0.2) is 30.4 Å². The Morgan fingerprint density at radius 1 is 1.30 bits per heavy atom. The van der Waals surface area contributed by atoms with Crippen LogP contribution in [0.25, 0.3) is 0 Å². The summed E-state index contributed by atoms with van der Waals surface area (Å²) in [5.74, 6) is -0.842. The largest absolute Gasteiger partial charge is 0.343 e. The van der Waals surface area contributed by atoms with Gasteiger partial charge in [-0.15, -0.1) is 0 Å². The molecule has 3 nitrogen and oxygen atoms in total. The summed E-state index contributed by atoms with van der Waals surface area (Å²) in [5.41, 5.74) is 0.278. The molecule has 0 aliphatic heterocycles. The molecule has 1 rings (SSSR count). The fourth-order valence-electron chi connectivity index (χ4n) is 2.09. The van der Waals surface area contributed by atoms with Crippen molar-refractivity contribution < 1.29 is 13.6 Å². The fourth-order valence-corrected chi connectivity index (χ4v) is 2.09. The van der Waals surface area contributed by atoms with Gasteiger partial charge in [-0.2, -0.15) is 0 Å². The molecule has 112 valence electrons. The predicted molar refractivity (Wildman–Crippen MR) is 75.3 cm³/mol. The molecule has 20 heavy (non-hydrogen) atoms. The topological polar surface area (TPSA) is 32.3 Å². The van der Waals surface area contributed by atoms with Crippen LogP contribution in [0.3, 0.4) is 0 Å². The molecule has 0 heterocycles. The summed E-state index contributed by atoms with van der Waals surface area (Å²) in [7, 11) is 0. The minimum atomic E-state index is -0.464. The van der Waals surface area contributed by atoms with Crippen LogP contribution in [0, 0.1) is 11.6 Å². The molecule has 1 amide bonds. The molecule has 0 aliphatic rings. The maximum Gasteiger partial charge on any atom is 0.223 e. The zero-order valence-electron chi connectivity index (χ0n) is 12.2. The quantitative estimate of drug-likeness (QED) is 0.835. The first-order chi connectivity index (χ1) is 9.49. The number of halogens is 2. The number of carbonyl (C=O) groups is 1. The lowest BCUT2D eigenvalue weighted by Crippen LogP contribution is -2.33. The van der Waals surface area contributed by atoms with Crippen molar-refractivity contribution in [3.8, 4) is 0 Å². The Morgan fingerprint density at radius 3 is 2.55 bits per heavy atom. The summed E-state index contributed by atoms with van der Waals surface area (Å²) >= 11 is 0. The molecule has 1 aromatic rings. The van der Waals surface area contributed by atoms with Gasteiger partial charge in [-0.3, -0.25) is 4.79 Å². The summed E-state index contributed by atoms with van der Waals surface area (Å²) in [4.78, 5) is 13.5. The lowest BCUT2D eigenvalue weighted by atomic mass is 10.1. The number of carbonyl (C=O) groups excluding carboxylic acids is 1. The van der Waals surface area contributed by atoms with Gasteiger partial charge < -0.3 is 10.2 Å². The summed E-state index contributed by atoms with van der Waals surface area (Å²) in [6.07, 6.45) is 0.350. The highest BCUT2D eigenvalue weighted by molar-refractivity contribution is 5.76. The lowest BCUT2D eigenvalue weighted by molar-refractivity contribution is -0.130. The third kappa shape index (κ3) is 4.56. The van der Waals surface area contributed by atoms with Crippen LogP contribution < -0.4 is 5.32 Å². The maximum absolute atomic E-state index is 13.6. The van der Waals surface area contributed by atoms with Gasteiger partial charge in [-0.1, -0.05) is 0 Å². The van der Waals surface area contributed by atoms with Crippen LogP contribution in [0.1, 0.15) is 38.8 Å². The number of nitrogens with one attached hydrogen (secondary N) is 1. The molecule has 0 saturated heterocycles. The van der Waals surface area contributed by atoms with Crippen LogP contribution in [0.2, 0.25) is 0 Å². The van der Waals surface area contributed by atoms with E-state index in [0.29, 0.717) is 26.1 Å². The number of hydrogen-bond donors (Lipinski definition) is 1. The average Bonchev–Trinajstić information content (AvgIpc) is 2.42. The molecule has 0 bridgehead atoms. The standard InChI is InChI=1S/C15H22F2N2O/c1-4-19(5-2)15(20)8-9-18-11(3)13-10-12(16)6-7-14(13)17/h6-7,10-11,18H,4-5,8-9H2,1-3H3. The SMILES string of the molecule is CCN(CC)C(=O)CCNC(C)c1cc(F)ccc1F. The van der Waals surface area contributed by atoms with Gasteiger partial charge in [0.15, 0.2) is 0 Å². The third-order valence-corrected chi connectivity index (χ3v) is 3.33. The van der Waals surface area contributed by atoms with E-state index in [4.69, 9.17) is 0 Å². The van der Waals surface area contributed by atoms with Crippen molar-refractivity contribution in [1.82, 2.24) is 10.2 Å². The normalized spacial score (nSPS) is 12.2. The molecule has 1 atom stereocenters. The highest BCUT2D eigenvalue weighted by atomic mass is 19.1. The molecule has 1 unspecified atom stereocenters. The highest BCUT2D eigenvalue weighted by Crippen LogP contribution is 2.17. The Hall–Kier alpha value is -1.49. The van der Waals surface area contributed by atoms with Gasteiger partial charge in [0.05, 0.1) is 0 Å². The monoisotopic (exact) mass is 284 g/mol. The Morgan fingerprint density at radius 2 is 1.95 bits per heavy atom. The van der Waals surface area contributed by atoms with E-state index in [-0.39, 0.29) is 17.5 Å². The van der Waals surface area contributed by atoms with Crippen molar-refractivity contribution in [2.75, 3.05) is 19.6 Å². The molecule has 5 heteroatoms. The van der Waals surface area contributed by atoms with Crippen LogP contribution in [0.5, 0.6) is 0 Å². The van der Waals surface area contributed by atoms with Crippen LogP contribution in [-0.2, 0) is 4.79 Å². The predicted octanol–water partition coefficient (Wildman–Crippen LogP) is 2.87. The fraction of sp³-hybridized carbons (Fsp3) is 0.533. The second-order valence-corrected chi connectivity index (χ2v) is 4.66. The number of benzene rings is 1. The molecule has 0 aliphatic carbocycles. The van der Waals surface area contributed by atoms with Crippen molar-refractivity contribution in [1.29, 1.82) is 0 Å². The van der Waals surface area contributed by atoms with Crippen LogP contribution >= 0.6 is 0 Å². The highest BCUT2D eigenvalue weighted by Gasteiger charge is 2.13. The van der Waals surface area contributed by atoms with Gasteiger partial charge in [0.2, 0.25) is 5.91 Å². The second kappa shape index (κ2) is 7.94. The van der Waals surface area contributed by atoms with Crippen molar-refractivity contribution in [2.24, 2.45) is 0 Å². The molecule has 0 spiro atoms. The van der Waals surface area contributed by atoms with Crippen molar-refractivity contribution in [3.63, 3.8) is 0 Å². The molecule has 0 radical (unpaired) electrons. The molecule has 0 saturated carbocycles. The van der Waals surface area contributed by atoms with E-state index in [9.17, 15) is 13.6 Å². The number of hydrogen-bond acceptors (Lipinski definition) is 2. The Labute approximate surface area is 119 Å². The van der Waals surface area contributed by atoms with Crippen LogP contribution in [0.4, 0.5) is 8.78 Å². The maximum atomic E-state index is 13.6. The average molecular weight is 284 g/mol. The summed E-state index contributed by atoms with van der Waals surface area (Å²) in [5, 5.41) is 3.05. The van der Waals surface area contributed by atoms with E-state index in [1.807, 2.05) is 13.8 Å². The van der Waals surface area contributed by atoms with E-state index < -0.39 is 11.6 Å². The first-order valence-corrected chi connectivity index (χ1v) is 6.95. The van der Waals surface area contributed by atoms with Crippen molar-refractivity contribution in [2.45, 2.75) is 33.2 Å². The second-order valence-electron chi connectivity index (χ2n) is 4.66. The molecule has 1 aromatic carbocycles. The van der Waals surface area contributed by atoms with E-state index in [0.717, 1.165) is 12.1 Å².